The van der Waals surface area contributed by atoms with Crippen LogP contribution in [0, 0.1) is 6.92 Å². The van der Waals surface area contributed by atoms with Crippen LogP contribution in [0.1, 0.15) is 31.9 Å². The zero-order valence-corrected chi connectivity index (χ0v) is 14.3. The van der Waals surface area contributed by atoms with Crippen LogP contribution in [0.2, 0.25) is 0 Å². The number of hydrogen-bond donors (Lipinski definition) is 0. The number of hydrogen-bond acceptors (Lipinski definition) is 1. The minimum Gasteiger partial charge on any atom is -0.256 e. The first-order valence-corrected chi connectivity index (χ1v) is 8.08. The van der Waals surface area contributed by atoms with Crippen LogP contribution in [0.15, 0.2) is 66.9 Å². The molecule has 116 valence electrons. The fourth-order valence-corrected chi connectivity index (χ4v) is 2.83. The Morgan fingerprint density at radius 2 is 1.57 bits per heavy atom. The predicted molar refractivity (Wildman–Crippen MR) is 98.5 cm³/mol. The Balaban J connectivity index is 2.03. The molecule has 0 amide bonds. The highest BCUT2D eigenvalue weighted by molar-refractivity contribution is 5.73. The Labute approximate surface area is 139 Å². The standard InChI is InChI=1S/C22H23N/c1-16-14-19(22(2,3)4)11-12-20(16)17-8-7-9-18(15-17)21-10-5-6-13-23-21/h5-15H,1-4H3. The predicted octanol–water partition coefficient (Wildman–Crippen LogP) is 6.02. The van der Waals surface area contributed by atoms with Crippen molar-refractivity contribution in [2.24, 2.45) is 0 Å². The van der Waals surface area contributed by atoms with Gasteiger partial charge in [-0.3, -0.25) is 4.98 Å². The van der Waals surface area contributed by atoms with E-state index < -0.39 is 0 Å². The van der Waals surface area contributed by atoms with Crippen LogP contribution in [-0.2, 0) is 5.41 Å². The fraction of sp³-hybridized carbons (Fsp3) is 0.227. The lowest BCUT2D eigenvalue weighted by atomic mass is 9.84. The highest BCUT2D eigenvalue weighted by Gasteiger charge is 2.15. The van der Waals surface area contributed by atoms with E-state index in [2.05, 4.69) is 81.2 Å². The fourth-order valence-electron chi connectivity index (χ4n) is 2.83. The lowest BCUT2D eigenvalue weighted by Gasteiger charge is -2.20. The van der Waals surface area contributed by atoms with E-state index in [0.29, 0.717) is 0 Å². The highest BCUT2D eigenvalue weighted by Crippen LogP contribution is 2.31. The molecule has 1 aromatic heterocycles. The maximum Gasteiger partial charge on any atom is 0.0702 e. The van der Waals surface area contributed by atoms with Crippen molar-refractivity contribution in [1.82, 2.24) is 4.98 Å². The lowest BCUT2D eigenvalue weighted by Crippen LogP contribution is -2.11. The number of aryl methyl sites for hydroxylation is 1. The molecule has 0 spiro atoms. The van der Waals surface area contributed by atoms with Gasteiger partial charge in [0.05, 0.1) is 5.69 Å². The Hall–Kier alpha value is -2.41. The van der Waals surface area contributed by atoms with E-state index in [-0.39, 0.29) is 5.41 Å². The number of benzene rings is 2. The van der Waals surface area contributed by atoms with Crippen molar-refractivity contribution in [2.75, 3.05) is 0 Å². The second kappa shape index (κ2) is 6.00. The van der Waals surface area contributed by atoms with Crippen molar-refractivity contribution in [3.8, 4) is 22.4 Å². The molecule has 0 fully saturated rings. The van der Waals surface area contributed by atoms with E-state index in [0.717, 1.165) is 11.3 Å². The quantitative estimate of drug-likeness (QED) is 0.564. The van der Waals surface area contributed by atoms with Gasteiger partial charge >= 0.3 is 0 Å². The Bertz CT molecular complexity index is 811. The molecule has 0 bridgehead atoms. The molecule has 1 heterocycles. The van der Waals surface area contributed by atoms with Gasteiger partial charge in [-0.15, -0.1) is 0 Å². The monoisotopic (exact) mass is 301 g/mol. The van der Waals surface area contributed by atoms with Crippen LogP contribution >= 0.6 is 0 Å². The van der Waals surface area contributed by atoms with Gasteiger partial charge in [0.25, 0.3) is 0 Å². The average Bonchev–Trinajstić information content (AvgIpc) is 2.55. The molecular formula is C22H23N. The molecule has 0 aliphatic carbocycles. The van der Waals surface area contributed by atoms with Crippen LogP contribution in [0.4, 0.5) is 0 Å². The molecule has 0 unspecified atom stereocenters. The van der Waals surface area contributed by atoms with Gasteiger partial charge in [-0.05, 0) is 52.8 Å². The molecule has 0 radical (unpaired) electrons. The van der Waals surface area contributed by atoms with Crippen molar-refractivity contribution < 1.29 is 0 Å². The van der Waals surface area contributed by atoms with Gasteiger partial charge in [-0.1, -0.05) is 63.2 Å². The van der Waals surface area contributed by atoms with Gasteiger partial charge < -0.3 is 0 Å². The summed E-state index contributed by atoms with van der Waals surface area (Å²) in [5.74, 6) is 0. The molecule has 3 aromatic rings. The molecule has 2 aromatic carbocycles. The summed E-state index contributed by atoms with van der Waals surface area (Å²) in [7, 11) is 0. The van der Waals surface area contributed by atoms with Crippen molar-refractivity contribution in [3.63, 3.8) is 0 Å². The molecule has 0 saturated heterocycles. The summed E-state index contributed by atoms with van der Waals surface area (Å²) in [6, 6.07) is 21.4. The smallest absolute Gasteiger partial charge is 0.0702 e. The minimum absolute atomic E-state index is 0.180. The van der Waals surface area contributed by atoms with Gasteiger partial charge in [0.2, 0.25) is 0 Å². The van der Waals surface area contributed by atoms with E-state index in [1.54, 1.807) is 0 Å². The summed E-state index contributed by atoms with van der Waals surface area (Å²) in [5.41, 5.74) is 7.57. The normalized spacial score (nSPS) is 11.5. The zero-order chi connectivity index (χ0) is 16.4. The maximum absolute atomic E-state index is 4.45. The Morgan fingerprint density at radius 3 is 2.22 bits per heavy atom. The second-order valence-electron chi connectivity index (χ2n) is 7.08. The lowest BCUT2D eigenvalue weighted by molar-refractivity contribution is 0.590. The molecule has 0 aliphatic heterocycles. The van der Waals surface area contributed by atoms with Crippen LogP contribution < -0.4 is 0 Å². The summed E-state index contributed by atoms with van der Waals surface area (Å²) in [6.45, 7) is 8.95. The molecular weight excluding hydrogens is 278 g/mol. The number of nitrogens with zero attached hydrogens (tertiary/aromatic N) is 1. The summed E-state index contributed by atoms with van der Waals surface area (Å²) >= 11 is 0. The molecule has 23 heavy (non-hydrogen) atoms. The summed E-state index contributed by atoms with van der Waals surface area (Å²) in [6.07, 6.45) is 1.84. The van der Waals surface area contributed by atoms with Crippen LogP contribution in [0.25, 0.3) is 22.4 Å². The highest BCUT2D eigenvalue weighted by atomic mass is 14.7. The molecule has 1 nitrogen and oxygen atoms in total. The van der Waals surface area contributed by atoms with Crippen molar-refractivity contribution in [2.45, 2.75) is 33.1 Å². The number of pyridine rings is 1. The average molecular weight is 301 g/mol. The van der Waals surface area contributed by atoms with Gasteiger partial charge in [-0.25, -0.2) is 0 Å². The minimum atomic E-state index is 0.180. The molecule has 0 saturated carbocycles. The topological polar surface area (TPSA) is 12.9 Å². The first-order chi connectivity index (χ1) is 10.9. The largest absolute Gasteiger partial charge is 0.256 e. The first kappa shape index (κ1) is 15.5. The van der Waals surface area contributed by atoms with Gasteiger partial charge in [0.1, 0.15) is 0 Å². The van der Waals surface area contributed by atoms with Gasteiger partial charge in [-0.2, -0.15) is 0 Å². The van der Waals surface area contributed by atoms with Gasteiger partial charge in [0, 0.05) is 11.8 Å². The Kier molecular flexibility index (Phi) is 4.04. The SMILES string of the molecule is Cc1cc(C(C)(C)C)ccc1-c1cccc(-c2ccccn2)c1. The maximum atomic E-state index is 4.45. The summed E-state index contributed by atoms with van der Waals surface area (Å²) in [4.78, 5) is 4.45. The molecule has 1 heteroatoms. The number of rotatable bonds is 2. The molecule has 0 atom stereocenters. The zero-order valence-electron chi connectivity index (χ0n) is 14.3. The molecule has 3 rings (SSSR count). The van der Waals surface area contributed by atoms with E-state index in [9.17, 15) is 0 Å². The van der Waals surface area contributed by atoms with Crippen molar-refractivity contribution >= 4 is 0 Å². The van der Waals surface area contributed by atoms with Gasteiger partial charge in [0.15, 0.2) is 0 Å². The van der Waals surface area contributed by atoms with E-state index in [4.69, 9.17) is 0 Å². The van der Waals surface area contributed by atoms with Crippen LogP contribution in [0.5, 0.6) is 0 Å². The first-order valence-electron chi connectivity index (χ1n) is 8.08. The third-order valence-corrected chi connectivity index (χ3v) is 4.23. The molecule has 0 aliphatic rings. The Morgan fingerprint density at radius 1 is 0.783 bits per heavy atom. The summed E-state index contributed by atoms with van der Waals surface area (Å²) in [5, 5.41) is 0. The van der Waals surface area contributed by atoms with E-state index in [1.807, 2.05) is 18.3 Å². The third-order valence-electron chi connectivity index (χ3n) is 4.23. The van der Waals surface area contributed by atoms with Crippen LogP contribution in [0.3, 0.4) is 0 Å². The van der Waals surface area contributed by atoms with E-state index in [1.165, 1.54) is 22.3 Å². The second-order valence-corrected chi connectivity index (χ2v) is 7.08. The summed E-state index contributed by atoms with van der Waals surface area (Å²) < 4.78 is 0. The number of aromatic nitrogens is 1. The van der Waals surface area contributed by atoms with Crippen molar-refractivity contribution in [3.05, 3.63) is 78.0 Å². The van der Waals surface area contributed by atoms with Crippen LogP contribution in [-0.4, -0.2) is 4.98 Å². The van der Waals surface area contributed by atoms with E-state index >= 15 is 0 Å². The third kappa shape index (κ3) is 3.34. The van der Waals surface area contributed by atoms with Crippen molar-refractivity contribution in [1.29, 1.82) is 0 Å². The molecule has 0 N–H and O–H groups in total.